The van der Waals surface area contributed by atoms with E-state index in [4.69, 9.17) is 7.85 Å². The molecule has 2 aliphatic carbocycles. The number of hydrogen-bond acceptors (Lipinski definition) is 0. The van der Waals surface area contributed by atoms with Gasteiger partial charge in [-0.3, -0.25) is 0 Å². The zero-order chi connectivity index (χ0) is 10.1. The first-order valence-electron chi connectivity index (χ1n) is 6.48. The zero-order valence-electron chi connectivity index (χ0n) is 9.71. The molecule has 0 spiro atoms. The molecule has 0 N–H and O–H groups in total. The first-order chi connectivity index (χ1) is 6.72. The normalized spacial score (nSPS) is 44.7. The van der Waals surface area contributed by atoms with Gasteiger partial charge < -0.3 is 0 Å². The fourth-order valence-electron chi connectivity index (χ4n) is 4.16. The molecule has 0 nitrogen and oxygen atoms in total. The molecule has 2 saturated carbocycles. The standard InChI is InChI=1S/C13H23B/c1-3-11-7-10-5-4-6-12(8-10)13(11)9(2)14/h9-13H,3-8H2,1-2H3. The summed E-state index contributed by atoms with van der Waals surface area (Å²) in [5.74, 6) is 4.20. The van der Waals surface area contributed by atoms with Crippen molar-refractivity contribution < 1.29 is 0 Å². The summed E-state index contributed by atoms with van der Waals surface area (Å²) in [4.78, 5) is 0. The van der Waals surface area contributed by atoms with Crippen LogP contribution in [-0.4, -0.2) is 7.85 Å². The number of fused-ring (bicyclic) bond motifs is 2. The molecule has 2 rings (SSSR count). The van der Waals surface area contributed by atoms with Crippen LogP contribution in [-0.2, 0) is 0 Å². The molecule has 1 heteroatoms. The molecular formula is C13H23B. The van der Waals surface area contributed by atoms with Crippen molar-refractivity contribution in [2.24, 2.45) is 23.7 Å². The molecule has 0 aliphatic heterocycles. The maximum Gasteiger partial charge on any atom is 0.0699 e. The van der Waals surface area contributed by atoms with E-state index in [2.05, 4.69) is 13.8 Å². The van der Waals surface area contributed by atoms with Gasteiger partial charge in [-0.05, 0) is 36.5 Å². The maximum absolute atomic E-state index is 6.17. The van der Waals surface area contributed by atoms with Gasteiger partial charge in [0.25, 0.3) is 0 Å². The summed E-state index contributed by atoms with van der Waals surface area (Å²) >= 11 is 0. The Balaban J connectivity index is 2.10. The van der Waals surface area contributed by atoms with Gasteiger partial charge in [0.05, 0.1) is 7.85 Å². The third-order valence-corrected chi connectivity index (χ3v) is 4.68. The van der Waals surface area contributed by atoms with Gasteiger partial charge in [-0.25, -0.2) is 0 Å². The summed E-state index contributed by atoms with van der Waals surface area (Å²) in [6, 6.07) is 0. The van der Waals surface area contributed by atoms with Gasteiger partial charge in [0.2, 0.25) is 0 Å². The van der Waals surface area contributed by atoms with E-state index in [9.17, 15) is 0 Å². The summed E-state index contributed by atoms with van der Waals surface area (Å²) in [5, 5.41) is 0. The zero-order valence-corrected chi connectivity index (χ0v) is 9.71. The molecule has 78 valence electrons. The van der Waals surface area contributed by atoms with Crippen LogP contribution >= 0.6 is 0 Å². The van der Waals surface area contributed by atoms with Crippen molar-refractivity contribution in [2.75, 3.05) is 0 Å². The molecule has 5 atom stereocenters. The molecule has 14 heavy (non-hydrogen) atoms. The fourth-order valence-corrected chi connectivity index (χ4v) is 4.16. The van der Waals surface area contributed by atoms with E-state index in [1.54, 1.807) is 0 Å². The minimum Gasteiger partial charge on any atom is -0.0769 e. The molecule has 2 bridgehead atoms. The third kappa shape index (κ3) is 1.88. The summed E-state index contributed by atoms with van der Waals surface area (Å²) in [7, 11) is 6.17. The Hall–Kier alpha value is 0.0649. The molecule has 0 amide bonds. The Morgan fingerprint density at radius 3 is 2.71 bits per heavy atom. The highest BCUT2D eigenvalue weighted by atomic mass is 14.4. The molecule has 2 aliphatic rings. The highest BCUT2D eigenvalue weighted by molar-refractivity contribution is 6.11. The van der Waals surface area contributed by atoms with E-state index in [1.165, 1.54) is 38.5 Å². The second-order valence-corrected chi connectivity index (χ2v) is 5.63. The van der Waals surface area contributed by atoms with Crippen molar-refractivity contribution in [1.82, 2.24) is 0 Å². The average molecular weight is 190 g/mol. The minimum absolute atomic E-state index is 0.420. The van der Waals surface area contributed by atoms with Gasteiger partial charge >= 0.3 is 0 Å². The van der Waals surface area contributed by atoms with Crippen LogP contribution < -0.4 is 0 Å². The second-order valence-electron chi connectivity index (χ2n) is 5.63. The van der Waals surface area contributed by atoms with Gasteiger partial charge in [-0.15, -0.1) is 0 Å². The highest BCUT2D eigenvalue weighted by Crippen LogP contribution is 2.50. The first-order valence-corrected chi connectivity index (χ1v) is 6.48. The Morgan fingerprint density at radius 1 is 1.29 bits per heavy atom. The lowest BCUT2D eigenvalue weighted by molar-refractivity contribution is 0.0586. The van der Waals surface area contributed by atoms with Crippen LogP contribution in [0.3, 0.4) is 0 Å². The lowest BCUT2D eigenvalue weighted by Crippen LogP contribution is -2.37. The van der Waals surface area contributed by atoms with Gasteiger partial charge in [0, 0.05) is 0 Å². The predicted molar refractivity (Wildman–Crippen MR) is 62.5 cm³/mol. The van der Waals surface area contributed by atoms with Crippen molar-refractivity contribution in [3.63, 3.8) is 0 Å². The summed E-state index contributed by atoms with van der Waals surface area (Å²) < 4.78 is 0. The van der Waals surface area contributed by atoms with Crippen LogP contribution in [0, 0.1) is 23.7 Å². The minimum atomic E-state index is 0.420. The van der Waals surface area contributed by atoms with Crippen molar-refractivity contribution in [1.29, 1.82) is 0 Å². The van der Waals surface area contributed by atoms with Gasteiger partial charge in [0.1, 0.15) is 0 Å². The molecule has 2 radical (unpaired) electrons. The molecule has 0 heterocycles. The van der Waals surface area contributed by atoms with E-state index in [0.717, 1.165) is 23.7 Å². The van der Waals surface area contributed by atoms with Crippen LogP contribution in [0.1, 0.15) is 52.4 Å². The van der Waals surface area contributed by atoms with E-state index in [-0.39, 0.29) is 0 Å². The van der Waals surface area contributed by atoms with Crippen LogP contribution in [0.25, 0.3) is 0 Å². The van der Waals surface area contributed by atoms with E-state index in [0.29, 0.717) is 5.82 Å². The number of hydrogen-bond donors (Lipinski definition) is 0. The van der Waals surface area contributed by atoms with Crippen LogP contribution in [0.2, 0.25) is 5.82 Å². The van der Waals surface area contributed by atoms with Gasteiger partial charge in [-0.1, -0.05) is 45.3 Å². The lowest BCUT2D eigenvalue weighted by atomic mass is 9.55. The molecule has 0 aromatic rings. The topological polar surface area (TPSA) is 0 Å². The quantitative estimate of drug-likeness (QED) is 0.580. The van der Waals surface area contributed by atoms with Crippen LogP contribution in [0.5, 0.6) is 0 Å². The smallest absolute Gasteiger partial charge is 0.0699 e. The lowest BCUT2D eigenvalue weighted by Gasteiger charge is -2.47. The second kappa shape index (κ2) is 4.29. The van der Waals surface area contributed by atoms with Crippen molar-refractivity contribution in [2.45, 2.75) is 58.2 Å². The van der Waals surface area contributed by atoms with E-state index >= 15 is 0 Å². The molecule has 0 aromatic carbocycles. The Morgan fingerprint density at radius 2 is 2.07 bits per heavy atom. The molecule has 2 fully saturated rings. The predicted octanol–water partition coefficient (Wildman–Crippen LogP) is 3.82. The molecule has 5 unspecified atom stereocenters. The van der Waals surface area contributed by atoms with Crippen LogP contribution in [0.15, 0.2) is 0 Å². The number of rotatable bonds is 2. The monoisotopic (exact) mass is 190 g/mol. The third-order valence-electron chi connectivity index (χ3n) is 4.68. The van der Waals surface area contributed by atoms with E-state index in [1.807, 2.05) is 0 Å². The molecule has 0 saturated heterocycles. The van der Waals surface area contributed by atoms with Gasteiger partial charge in [-0.2, -0.15) is 0 Å². The summed E-state index contributed by atoms with van der Waals surface area (Å²) in [6.07, 6.45) is 8.73. The Labute approximate surface area is 90.3 Å². The van der Waals surface area contributed by atoms with Crippen molar-refractivity contribution >= 4 is 7.85 Å². The largest absolute Gasteiger partial charge is 0.0769 e. The first kappa shape index (κ1) is 10.6. The SMILES string of the molecule is [B]C(C)C1C(CC)CC2CCCC1C2. The summed E-state index contributed by atoms with van der Waals surface area (Å²) in [5.41, 5.74) is 0. The van der Waals surface area contributed by atoms with Crippen molar-refractivity contribution in [3.05, 3.63) is 0 Å². The summed E-state index contributed by atoms with van der Waals surface area (Å²) in [6.45, 7) is 4.57. The molecular weight excluding hydrogens is 167 g/mol. The Kier molecular flexibility index (Phi) is 3.24. The van der Waals surface area contributed by atoms with Crippen LogP contribution in [0.4, 0.5) is 0 Å². The molecule has 0 aromatic heterocycles. The van der Waals surface area contributed by atoms with Crippen molar-refractivity contribution in [3.8, 4) is 0 Å². The van der Waals surface area contributed by atoms with Gasteiger partial charge in [0.15, 0.2) is 0 Å². The average Bonchev–Trinajstić information content (AvgIpc) is 2.16. The Bertz CT molecular complexity index is 186. The maximum atomic E-state index is 6.17. The fraction of sp³-hybridized carbons (Fsp3) is 1.00. The van der Waals surface area contributed by atoms with E-state index < -0.39 is 0 Å². The highest BCUT2D eigenvalue weighted by Gasteiger charge is 2.39.